The van der Waals surface area contributed by atoms with Crippen molar-refractivity contribution in [3.8, 4) is 0 Å². The highest BCUT2D eigenvalue weighted by atomic mass is 16.2. The number of Topliss-reactive ketones (excluding diaryl/α,β-unsaturated/α-hetero) is 1. The third kappa shape index (κ3) is 1.89. The molecule has 0 radical (unpaired) electrons. The Morgan fingerprint density at radius 2 is 2.22 bits per heavy atom. The van der Waals surface area contributed by atoms with Gasteiger partial charge in [-0.15, -0.1) is 0 Å². The Labute approximate surface area is 104 Å². The molecule has 3 saturated heterocycles. The second-order valence-corrected chi connectivity index (χ2v) is 5.03. The van der Waals surface area contributed by atoms with E-state index in [1.807, 2.05) is 4.90 Å². The minimum atomic E-state index is -0.746. The molecule has 3 fully saturated rings. The molecule has 3 atom stereocenters. The zero-order chi connectivity index (χ0) is 12.7. The van der Waals surface area contributed by atoms with Crippen LogP contribution in [-0.2, 0) is 14.4 Å². The predicted molar refractivity (Wildman–Crippen MR) is 61.0 cm³/mol. The predicted octanol–water partition coefficient (Wildman–Crippen LogP) is -1.79. The van der Waals surface area contributed by atoms with Crippen molar-refractivity contribution < 1.29 is 14.4 Å². The van der Waals surface area contributed by atoms with Crippen LogP contribution in [0.3, 0.4) is 0 Å². The van der Waals surface area contributed by atoms with Gasteiger partial charge in [0.15, 0.2) is 11.8 Å². The van der Waals surface area contributed by atoms with E-state index in [9.17, 15) is 14.4 Å². The summed E-state index contributed by atoms with van der Waals surface area (Å²) < 4.78 is 0. The number of nitrogens with zero attached hydrogens (tertiary/aromatic N) is 2. The molecule has 0 spiro atoms. The highest BCUT2D eigenvalue weighted by Crippen LogP contribution is 2.19. The second-order valence-electron chi connectivity index (χ2n) is 5.03. The van der Waals surface area contributed by atoms with E-state index >= 15 is 0 Å². The van der Waals surface area contributed by atoms with E-state index in [1.165, 1.54) is 5.01 Å². The van der Waals surface area contributed by atoms with Crippen LogP contribution in [-0.4, -0.2) is 59.3 Å². The molecule has 0 aliphatic carbocycles. The molecule has 3 heterocycles. The number of nitrogens with one attached hydrogen (secondary N) is 2. The molecule has 3 aliphatic heterocycles. The van der Waals surface area contributed by atoms with E-state index in [2.05, 4.69) is 10.7 Å². The first-order chi connectivity index (χ1) is 8.65. The maximum Gasteiger partial charge on any atom is 0.263 e. The van der Waals surface area contributed by atoms with E-state index in [4.69, 9.17) is 0 Å². The molecule has 3 aliphatic rings. The van der Waals surface area contributed by atoms with Crippen molar-refractivity contribution in [3.05, 3.63) is 0 Å². The lowest BCUT2D eigenvalue weighted by Gasteiger charge is -2.30. The molecule has 0 aromatic heterocycles. The number of carbonyl (C=O) groups excluding carboxylic acids is 3. The van der Waals surface area contributed by atoms with Gasteiger partial charge in [0.05, 0.1) is 0 Å². The molecule has 0 aromatic rings. The summed E-state index contributed by atoms with van der Waals surface area (Å²) >= 11 is 0. The first-order valence-corrected chi connectivity index (χ1v) is 6.26. The molecular weight excluding hydrogens is 236 g/mol. The van der Waals surface area contributed by atoms with Gasteiger partial charge in [0.25, 0.3) is 5.91 Å². The maximum atomic E-state index is 12.1. The quantitative estimate of drug-likeness (QED) is 0.567. The molecule has 2 amide bonds. The van der Waals surface area contributed by atoms with Gasteiger partial charge >= 0.3 is 0 Å². The van der Waals surface area contributed by atoms with E-state index < -0.39 is 6.04 Å². The van der Waals surface area contributed by atoms with Gasteiger partial charge in [-0.3, -0.25) is 35.0 Å². The van der Waals surface area contributed by atoms with Crippen molar-refractivity contribution >= 4 is 17.6 Å². The molecule has 7 heteroatoms. The summed E-state index contributed by atoms with van der Waals surface area (Å²) in [7, 11) is 0. The molecule has 0 saturated carbocycles. The van der Waals surface area contributed by atoms with Crippen molar-refractivity contribution in [1.82, 2.24) is 20.7 Å². The third-order valence-corrected chi connectivity index (χ3v) is 3.72. The lowest BCUT2D eigenvalue weighted by Crippen LogP contribution is -2.57. The fraction of sp³-hybridized carbons (Fsp3) is 0.727. The minimum Gasteiger partial charge on any atom is -0.300 e. The normalized spacial score (nSPS) is 35.1. The Morgan fingerprint density at radius 3 is 2.94 bits per heavy atom. The van der Waals surface area contributed by atoms with Crippen LogP contribution in [0.5, 0.6) is 0 Å². The summed E-state index contributed by atoms with van der Waals surface area (Å²) in [6.07, 6.45) is 1.61. The maximum absolute atomic E-state index is 12.1. The first kappa shape index (κ1) is 11.6. The number of fused-ring (bicyclic) bond motifs is 2. The van der Waals surface area contributed by atoms with Crippen LogP contribution in [0.4, 0.5) is 0 Å². The minimum absolute atomic E-state index is 0.0691. The van der Waals surface area contributed by atoms with Gasteiger partial charge < -0.3 is 0 Å². The fourth-order valence-electron chi connectivity index (χ4n) is 2.82. The summed E-state index contributed by atoms with van der Waals surface area (Å²) in [5.41, 5.74) is 2.57. The van der Waals surface area contributed by atoms with Gasteiger partial charge in [0.1, 0.15) is 0 Å². The van der Waals surface area contributed by atoms with Gasteiger partial charge in [-0.05, 0) is 6.42 Å². The van der Waals surface area contributed by atoms with Gasteiger partial charge in [-0.25, -0.2) is 0 Å². The average molecular weight is 252 g/mol. The fourth-order valence-corrected chi connectivity index (χ4v) is 2.82. The Balaban J connectivity index is 1.67. The van der Waals surface area contributed by atoms with Crippen molar-refractivity contribution in [2.24, 2.45) is 0 Å². The van der Waals surface area contributed by atoms with Crippen LogP contribution < -0.4 is 10.7 Å². The molecule has 3 rings (SSSR count). The summed E-state index contributed by atoms with van der Waals surface area (Å²) in [6, 6.07) is -0.570. The largest absolute Gasteiger partial charge is 0.300 e. The number of rotatable bonds is 2. The van der Waals surface area contributed by atoms with Gasteiger partial charge in [-0.2, -0.15) is 0 Å². The number of amides is 2. The number of ketones is 1. The van der Waals surface area contributed by atoms with Gasteiger partial charge in [0, 0.05) is 38.6 Å². The van der Waals surface area contributed by atoms with Crippen molar-refractivity contribution in [2.75, 3.05) is 19.8 Å². The smallest absolute Gasteiger partial charge is 0.263 e. The SMILES string of the molecule is O=C1CC2CN(CN2)C1C(=O)NN1CCCC1=O. The Bertz CT molecular complexity index is 411. The van der Waals surface area contributed by atoms with Crippen LogP contribution >= 0.6 is 0 Å². The number of piperidine rings is 1. The molecule has 7 nitrogen and oxygen atoms in total. The molecule has 18 heavy (non-hydrogen) atoms. The third-order valence-electron chi connectivity index (χ3n) is 3.72. The highest BCUT2D eigenvalue weighted by molar-refractivity contribution is 6.06. The Hall–Kier alpha value is -1.47. The zero-order valence-electron chi connectivity index (χ0n) is 10.0. The number of hydrogen-bond acceptors (Lipinski definition) is 5. The van der Waals surface area contributed by atoms with Crippen molar-refractivity contribution in [3.63, 3.8) is 0 Å². The lowest BCUT2D eigenvalue weighted by atomic mass is 9.99. The highest BCUT2D eigenvalue weighted by Gasteiger charge is 2.43. The van der Waals surface area contributed by atoms with Gasteiger partial charge in [-0.1, -0.05) is 0 Å². The van der Waals surface area contributed by atoms with Crippen LogP contribution in [0.25, 0.3) is 0 Å². The second kappa shape index (κ2) is 4.33. The van der Waals surface area contributed by atoms with Crippen LogP contribution in [0.15, 0.2) is 0 Å². The molecule has 0 aromatic carbocycles. The molecule has 3 unspecified atom stereocenters. The summed E-state index contributed by atoms with van der Waals surface area (Å²) in [5, 5.41) is 4.51. The number of carbonyl (C=O) groups is 3. The van der Waals surface area contributed by atoms with Crippen molar-refractivity contribution in [2.45, 2.75) is 31.3 Å². The van der Waals surface area contributed by atoms with Gasteiger partial charge in [0.2, 0.25) is 5.91 Å². The summed E-state index contributed by atoms with van der Waals surface area (Å²) in [4.78, 5) is 37.3. The zero-order valence-corrected chi connectivity index (χ0v) is 10.0. The van der Waals surface area contributed by atoms with E-state index in [-0.39, 0.29) is 23.6 Å². The number of hydrazine groups is 1. The monoisotopic (exact) mass is 252 g/mol. The lowest BCUT2D eigenvalue weighted by molar-refractivity contribution is -0.145. The topological polar surface area (TPSA) is 81.8 Å². The molecule has 2 N–H and O–H groups in total. The Kier molecular flexibility index (Phi) is 2.79. The average Bonchev–Trinajstić information content (AvgIpc) is 2.87. The van der Waals surface area contributed by atoms with Crippen LogP contribution in [0.2, 0.25) is 0 Å². The first-order valence-electron chi connectivity index (χ1n) is 6.26. The van der Waals surface area contributed by atoms with Crippen LogP contribution in [0.1, 0.15) is 19.3 Å². The van der Waals surface area contributed by atoms with Crippen molar-refractivity contribution in [1.29, 1.82) is 0 Å². The van der Waals surface area contributed by atoms with E-state index in [0.29, 0.717) is 26.1 Å². The summed E-state index contributed by atoms with van der Waals surface area (Å²) in [6.45, 7) is 1.81. The van der Waals surface area contributed by atoms with E-state index in [0.717, 1.165) is 13.0 Å². The molecule has 98 valence electrons. The Morgan fingerprint density at radius 1 is 1.39 bits per heavy atom. The van der Waals surface area contributed by atoms with Crippen LogP contribution in [0, 0.1) is 0 Å². The standard InChI is InChI=1S/C11H16N4O3/c16-8-4-7-5-14(6-12-7)10(8)11(18)13-15-3-1-2-9(15)17/h7,10,12H,1-6H2,(H,13,18). The summed E-state index contributed by atoms with van der Waals surface area (Å²) in [5.74, 6) is -0.526. The van der Waals surface area contributed by atoms with E-state index in [1.54, 1.807) is 0 Å². The molecular formula is C11H16N4O3. The molecule has 2 bridgehead atoms. The number of hydrogen-bond donors (Lipinski definition) is 2.